The second kappa shape index (κ2) is 3.67. The first kappa shape index (κ1) is 8.46. The van der Waals surface area contributed by atoms with Crippen LogP contribution in [0.25, 0.3) is 0 Å². The standard InChI is InChI=1S/C7H13FN2O/c1-9-2-4-10(5-3-9)7(11)6-8/h2-6H2,1H3. The molecule has 64 valence electrons. The maximum atomic E-state index is 11.9. The molecule has 1 amide bonds. The van der Waals surface area contributed by atoms with Crippen LogP contribution in [0.4, 0.5) is 4.39 Å². The van der Waals surface area contributed by atoms with Crippen LogP contribution in [-0.2, 0) is 4.79 Å². The molecular weight excluding hydrogens is 147 g/mol. The molecule has 4 heteroatoms. The monoisotopic (exact) mass is 160 g/mol. The summed E-state index contributed by atoms with van der Waals surface area (Å²) in [5.74, 6) is -0.377. The quantitative estimate of drug-likeness (QED) is 0.527. The van der Waals surface area contributed by atoms with Crippen LogP contribution in [0, 0.1) is 0 Å². The van der Waals surface area contributed by atoms with Crippen molar-refractivity contribution in [1.29, 1.82) is 0 Å². The molecule has 0 radical (unpaired) electrons. The Hall–Kier alpha value is -0.640. The molecule has 0 saturated carbocycles. The average molecular weight is 160 g/mol. The van der Waals surface area contributed by atoms with Gasteiger partial charge in [0, 0.05) is 26.2 Å². The second-order valence-electron chi connectivity index (χ2n) is 2.82. The lowest BCUT2D eigenvalue weighted by Crippen LogP contribution is -2.47. The fourth-order valence-electron chi connectivity index (χ4n) is 1.14. The molecule has 0 aromatic carbocycles. The van der Waals surface area contributed by atoms with Crippen LogP contribution in [0.3, 0.4) is 0 Å². The van der Waals surface area contributed by atoms with Crippen LogP contribution >= 0.6 is 0 Å². The zero-order chi connectivity index (χ0) is 8.27. The van der Waals surface area contributed by atoms with Crippen LogP contribution in [0.5, 0.6) is 0 Å². The summed E-state index contributed by atoms with van der Waals surface area (Å²) < 4.78 is 11.9. The van der Waals surface area contributed by atoms with E-state index in [1.165, 1.54) is 0 Å². The Morgan fingerprint density at radius 2 is 1.91 bits per heavy atom. The van der Waals surface area contributed by atoms with Crippen molar-refractivity contribution in [3.63, 3.8) is 0 Å². The summed E-state index contributed by atoms with van der Waals surface area (Å²) in [6.45, 7) is 2.18. The third-order valence-electron chi connectivity index (χ3n) is 1.97. The van der Waals surface area contributed by atoms with Crippen molar-refractivity contribution in [3.8, 4) is 0 Å². The van der Waals surface area contributed by atoms with E-state index in [1.807, 2.05) is 7.05 Å². The van der Waals surface area contributed by atoms with Gasteiger partial charge >= 0.3 is 0 Å². The molecule has 3 nitrogen and oxygen atoms in total. The minimum atomic E-state index is -0.857. The van der Waals surface area contributed by atoms with Gasteiger partial charge in [-0.1, -0.05) is 0 Å². The molecule has 0 bridgehead atoms. The fraction of sp³-hybridized carbons (Fsp3) is 0.857. The molecule has 11 heavy (non-hydrogen) atoms. The Morgan fingerprint density at radius 3 is 2.36 bits per heavy atom. The predicted molar refractivity (Wildman–Crippen MR) is 40.1 cm³/mol. The van der Waals surface area contributed by atoms with Crippen molar-refractivity contribution in [3.05, 3.63) is 0 Å². The maximum Gasteiger partial charge on any atom is 0.254 e. The summed E-state index contributed by atoms with van der Waals surface area (Å²) in [4.78, 5) is 14.5. The van der Waals surface area contributed by atoms with E-state index in [-0.39, 0.29) is 5.91 Å². The van der Waals surface area contributed by atoms with Crippen molar-refractivity contribution in [1.82, 2.24) is 9.80 Å². The highest BCUT2D eigenvalue weighted by molar-refractivity contribution is 5.77. The lowest BCUT2D eigenvalue weighted by Gasteiger charge is -2.31. The van der Waals surface area contributed by atoms with Gasteiger partial charge in [0.25, 0.3) is 5.91 Å². The number of hydrogen-bond acceptors (Lipinski definition) is 2. The molecular formula is C7H13FN2O. The number of carbonyl (C=O) groups excluding carboxylic acids is 1. The number of likely N-dealkylation sites (N-methyl/N-ethyl adjacent to an activating group) is 1. The van der Waals surface area contributed by atoms with Crippen molar-refractivity contribution in [2.24, 2.45) is 0 Å². The van der Waals surface area contributed by atoms with Gasteiger partial charge in [0.15, 0.2) is 6.67 Å². The van der Waals surface area contributed by atoms with Gasteiger partial charge in [-0.15, -0.1) is 0 Å². The van der Waals surface area contributed by atoms with Crippen molar-refractivity contribution in [2.45, 2.75) is 0 Å². The van der Waals surface area contributed by atoms with E-state index in [0.29, 0.717) is 13.1 Å². The Morgan fingerprint density at radius 1 is 1.36 bits per heavy atom. The maximum absolute atomic E-state index is 11.9. The number of halogens is 1. The van der Waals surface area contributed by atoms with Crippen LogP contribution in [0.2, 0.25) is 0 Å². The number of rotatable bonds is 1. The molecule has 1 saturated heterocycles. The predicted octanol–water partition coefficient (Wildman–Crippen LogP) is -0.270. The number of hydrogen-bond donors (Lipinski definition) is 0. The summed E-state index contributed by atoms with van der Waals surface area (Å²) in [6, 6.07) is 0. The molecule has 0 spiro atoms. The lowest BCUT2D eigenvalue weighted by atomic mass is 10.3. The van der Waals surface area contributed by atoms with Gasteiger partial charge in [-0.05, 0) is 7.05 Å². The Balaban J connectivity index is 2.33. The zero-order valence-electron chi connectivity index (χ0n) is 6.72. The van der Waals surface area contributed by atoms with Gasteiger partial charge < -0.3 is 9.80 Å². The number of alkyl halides is 1. The van der Waals surface area contributed by atoms with Crippen LogP contribution in [0.15, 0.2) is 0 Å². The molecule has 0 aromatic heterocycles. The third kappa shape index (κ3) is 2.15. The molecule has 1 aliphatic rings. The minimum absolute atomic E-state index is 0.377. The summed E-state index contributed by atoms with van der Waals surface area (Å²) in [6.07, 6.45) is 0. The number of amides is 1. The molecule has 1 rings (SSSR count). The smallest absolute Gasteiger partial charge is 0.254 e. The van der Waals surface area contributed by atoms with Crippen molar-refractivity contribution in [2.75, 3.05) is 39.9 Å². The normalized spacial score (nSPS) is 20.4. The lowest BCUT2D eigenvalue weighted by molar-refractivity contribution is -0.133. The highest BCUT2D eigenvalue weighted by atomic mass is 19.1. The first-order valence-electron chi connectivity index (χ1n) is 3.76. The van der Waals surface area contributed by atoms with Crippen molar-refractivity contribution >= 4 is 5.91 Å². The first-order valence-corrected chi connectivity index (χ1v) is 3.76. The summed E-state index contributed by atoms with van der Waals surface area (Å²) in [5.41, 5.74) is 0. The average Bonchev–Trinajstić information content (AvgIpc) is 2.05. The molecule has 1 aliphatic heterocycles. The SMILES string of the molecule is CN1CCN(C(=O)CF)CC1. The number of nitrogens with zero attached hydrogens (tertiary/aromatic N) is 2. The van der Waals surface area contributed by atoms with E-state index in [2.05, 4.69) is 4.90 Å². The minimum Gasteiger partial charge on any atom is -0.338 e. The topological polar surface area (TPSA) is 23.6 Å². The highest BCUT2D eigenvalue weighted by Crippen LogP contribution is 1.99. The Bertz CT molecular complexity index is 143. The zero-order valence-corrected chi connectivity index (χ0v) is 6.72. The molecule has 0 aliphatic carbocycles. The Labute approximate surface area is 65.8 Å². The summed E-state index contributed by atoms with van der Waals surface area (Å²) in [5, 5.41) is 0. The number of piperazine rings is 1. The molecule has 1 heterocycles. The third-order valence-corrected chi connectivity index (χ3v) is 1.97. The fourth-order valence-corrected chi connectivity index (χ4v) is 1.14. The second-order valence-corrected chi connectivity index (χ2v) is 2.82. The number of carbonyl (C=O) groups is 1. The summed E-state index contributed by atoms with van der Waals surface area (Å²) in [7, 11) is 2.00. The van der Waals surface area contributed by atoms with Gasteiger partial charge in [0.2, 0.25) is 0 Å². The van der Waals surface area contributed by atoms with E-state index in [1.54, 1.807) is 4.90 Å². The molecule has 0 N–H and O–H groups in total. The largest absolute Gasteiger partial charge is 0.338 e. The molecule has 0 unspecified atom stereocenters. The van der Waals surface area contributed by atoms with E-state index in [0.717, 1.165) is 13.1 Å². The van der Waals surface area contributed by atoms with Crippen LogP contribution < -0.4 is 0 Å². The first-order chi connectivity index (χ1) is 5.24. The van der Waals surface area contributed by atoms with Gasteiger partial charge in [0.1, 0.15) is 0 Å². The van der Waals surface area contributed by atoms with Crippen LogP contribution in [-0.4, -0.2) is 55.6 Å². The molecule has 1 fully saturated rings. The summed E-state index contributed by atoms with van der Waals surface area (Å²) >= 11 is 0. The van der Waals surface area contributed by atoms with Gasteiger partial charge in [-0.25, -0.2) is 4.39 Å². The molecule has 0 aromatic rings. The highest BCUT2D eigenvalue weighted by Gasteiger charge is 2.17. The molecule has 0 atom stereocenters. The van der Waals surface area contributed by atoms with Crippen LogP contribution in [0.1, 0.15) is 0 Å². The van der Waals surface area contributed by atoms with Gasteiger partial charge in [-0.2, -0.15) is 0 Å². The van der Waals surface area contributed by atoms with Gasteiger partial charge in [0.05, 0.1) is 0 Å². The van der Waals surface area contributed by atoms with Crippen molar-refractivity contribution < 1.29 is 9.18 Å². The van der Waals surface area contributed by atoms with E-state index in [9.17, 15) is 9.18 Å². The van der Waals surface area contributed by atoms with E-state index < -0.39 is 6.67 Å². The van der Waals surface area contributed by atoms with Gasteiger partial charge in [-0.3, -0.25) is 4.79 Å². The Kier molecular flexibility index (Phi) is 2.82. The van der Waals surface area contributed by atoms with E-state index in [4.69, 9.17) is 0 Å². The van der Waals surface area contributed by atoms with E-state index >= 15 is 0 Å².